The van der Waals surface area contributed by atoms with E-state index in [1.54, 1.807) is 11.3 Å². The molecule has 1 aromatic rings. The van der Waals surface area contributed by atoms with Crippen LogP contribution in [0.1, 0.15) is 17.1 Å². The number of carbonyl (C=O) groups is 1. The van der Waals surface area contributed by atoms with Crippen LogP contribution < -0.4 is 0 Å². The zero-order chi connectivity index (χ0) is 13.1. The summed E-state index contributed by atoms with van der Waals surface area (Å²) in [5.41, 5.74) is 1.04. The second-order valence-electron chi connectivity index (χ2n) is 4.53. The molecule has 0 unspecified atom stereocenters. The number of nitrogens with zero attached hydrogens (tertiary/aromatic N) is 2. The van der Waals surface area contributed by atoms with Crippen molar-refractivity contribution in [1.29, 1.82) is 0 Å². The number of hydrogen-bond donors (Lipinski definition) is 1. The van der Waals surface area contributed by atoms with Crippen molar-refractivity contribution in [2.24, 2.45) is 0 Å². The predicted molar refractivity (Wildman–Crippen MR) is 68.6 cm³/mol. The quantitative estimate of drug-likeness (QED) is 0.812. The third-order valence-corrected chi connectivity index (χ3v) is 4.00. The highest BCUT2D eigenvalue weighted by Crippen LogP contribution is 2.19. The van der Waals surface area contributed by atoms with Gasteiger partial charge in [-0.05, 0) is 6.92 Å². The van der Waals surface area contributed by atoms with Crippen LogP contribution in [0.15, 0.2) is 5.38 Å². The number of methoxy groups -OCH3 is 1. The van der Waals surface area contributed by atoms with Gasteiger partial charge in [0.2, 0.25) is 0 Å². The van der Waals surface area contributed by atoms with Gasteiger partial charge in [0.15, 0.2) is 0 Å². The van der Waals surface area contributed by atoms with Crippen LogP contribution in [0, 0.1) is 6.92 Å². The molecule has 0 amide bonds. The lowest BCUT2D eigenvalue weighted by Crippen LogP contribution is -2.38. The number of aliphatic hydroxyl groups excluding tert-OH is 1. The van der Waals surface area contributed by atoms with E-state index in [0.29, 0.717) is 13.0 Å². The van der Waals surface area contributed by atoms with Gasteiger partial charge in [0.05, 0.1) is 23.9 Å². The molecule has 2 heterocycles. The first-order chi connectivity index (χ1) is 8.60. The number of aromatic nitrogens is 1. The molecule has 0 aliphatic carbocycles. The third kappa shape index (κ3) is 3.07. The molecule has 100 valence electrons. The van der Waals surface area contributed by atoms with Gasteiger partial charge in [-0.2, -0.15) is 0 Å². The van der Waals surface area contributed by atoms with Crippen LogP contribution in [0.5, 0.6) is 0 Å². The second kappa shape index (κ2) is 5.77. The molecule has 6 heteroatoms. The normalized spacial score (nSPS) is 24.4. The van der Waals surface area contributed by atoms with Gasteiger partial charge in [-0.1, -0.05) is 0 Å². The summed E-state index contributed by atoms with van der Waals surface area (Å²) in [7, 11) is 1.38. The Balaban J connectivity index is 1.92. The van der Waals surface area contributed by atoms with Gasteiger partial charge in [-0.25, -0.2) is 4.98 Å². The standard InChI is InChI=1S/C12H18N2O3S/c1-8-13-9(7-18-8)3-4-14-6-10(15)5-11(14)12(16)17-2/h7,10-11,15H,3-6H2,1-2H3/t10-,11-/m0/s1. The number of ether oxygens (including phenoxy) is 1. The Bertz CT molecular complexity index is 421. The van der Waals surface area contributed by atoms with E-state index in [1.165, 1.54) is 7.11 Å². The van der Waals surface area contributed by atoms with E-state index in [-0.39, 0.29) is 12.0 Å². The van der Waals surface area contributed by atoms with E-state index in [9.17, 15) is 9.90 Å². The molecule has 1 fully saturated rings. The van der Waals surface area contributed by atoms with Crippen LogP contribution in [-0.2, 0) is 16.0 Å². The summed E-state index contributed by atoms with van der Waals surface area (Å²) in [5, 5.41) is 12.7. The zero-order valence-corrected chi connectivity index (χ0v) is 11.4. The molecule has 2 rings (SSSR count). The molecule has 0 aromatic carbocycles. The third-order valence-electron chi connectivity index (χ3n) is 3.18. The monoisotopic (exact) mass is 270 g/mol. The Kier molecular flexibility index (Phi) is 4.31. The van der Waals surface area contributed by atoms with E-state index >= 15 is 0 Å². The maximum absolute atomic E-state index is 11.6. The number of aliphatic hydroxyl groups is 1. The number of β-amino-alcohol motifs (C(OH)–C–C–N with tert-alkyl or cyclic N) is 1. The molecule has 5 nitrogen and oxygen atoms in total. The summed E-state index contributed by atoms with van der Waals surface area (Å²) in [6.07, 6.45) is 0.819. The number of hydrogen-bond acceptors (Lipinski definition) is 6. The highest BCUT2D eigenvalue weighted by atomic mass is 32.1. The fraction of sp³-hybridized carbons (Fsp3) is 0.667. The molecular weight excluding hydrogens is 252 g/mol. The largest absolute Gasteiger partial charge is 0.468 e. The molecule has 0 bridgehead atoms. The summed E-state index contributed by atoms with van der Waals surface area (Å²) in [6.45, 7) is 3.23. The van der Waals surface area contributed by atoms with Crippen molar-refractivity contribution in [2.45, 2.75) is 31.9 Å². The summed E-state index contributed by atoms with van der Waals surface area (Å²) in [6, 6.07) is -0.315. The molecule has 1 N–H and O–H groups in total. The van der Waals surface area contributed by atoms with Crippen molar-refractivity contribution in [3.05, 3.63) is 16.1 Å². The van der Waals surface area contributed by atoms with E-state index in [0.717, 1.165) is 23.7 Å². The van der Waals surface area contributed by atoms with Crippen LogP contribution >= 0.6 is 11.3 Å². The fourth-order valence-corrected chi connectivity index (χ4v) is 2.94. The summed E-state index contributed by atoms with van der Waals surface area (Å²) in [5.74, 6) is -0.263. The average Bonchev–Trinajstić information content (AvgIpc) is 2.92. The second-order valence-corrected chi connectivity index (χ2v) is 5.59. The van der Waals surface area contributed by atoms with Gasteiger partial charge in [0.1, 0.15) is 6.04 Å². The minimum atomic E-state index is -0.439. The smallest absolute Gasteiger partial charge is 0.323 e. The number of aryl methyl sites for hydroxylation is 1. The minimum Gasteiger partial charge on any atom is -0.468 e. The zero-order valence-electron chi connectivity index (χ0n) is 10.6. The molecule has 1 aromatic heterocycles. The lowest BCUT2D eigenvalue weighted by molar-refractivity contribution is -0.145. The van der Waals surface area contributed by atoms with Gasteiger partial charge in [-0.15, -0.1) is 11.3 Å². The Labute approximate surface area is 110 Å². The van der Waals surface area contributed by atoms with Crippen molar-refractivity contribution in [1.82, 2.24) is 9.88 Å². The fourth-order valence-electron chi connectivity index (χ4n) is 2.29. The number of carbonyl (C=O) groups excluding carboxylic acids is 1. The van der Waals surface area contributed by atoms with Crippen molar-refractivity contribution >= 4 is 17.3 Å². The van der Waals surface area contributed by atoms with Crippen molar-refractivity contribution in [2.75, 3.05) is 20.2 Å². The van der Waals surface area contributed by atoms with Gasteiger partial charge >= 0.3 is 5.97 Å². The van der Waals surface area contributed by atoms with Crippen LogP contribution in [0.2, 0.25) is 0 Å². The van der Waals surface area contributed by atoms with E-state index in [1.807, 2.05) is 17.2 Å². The Morgan fingerprint density at radius 3 is 3.11 bits per heavy atom. The number of rotatable bonds is 4. The maximum atomic E-state index is 11.6. The minimum absolute atomic E-state index is 0.263. The van der Waals surface area contributed by atoms with Crippen LogP contribution in [0.3, 0.4) is 0 Å². The van der Waals surface area contributed by atoms with Crippen molar-refractivity contribution in [3.63, 3.8) is 0 Å². The lowest BCUT2D eigenvalue weighted by atomic mass is 10.2. The van der Waals surface area contributed by atoms with Gasteiger partial charge in [0.25, 0.3) is 0 Å². The number of likely N-dealkylation sites (tertiary alicyclic amines) is 1. The van der Waals surface area contributed by atoms with Crippen LogP contribution in [-0.4, -0.2) is 53.3 Å². The predicted octanol–water partition coefficient (Wildman–Crippen LogP) is 0.602. The van der Waals surface area contributed by atoms with Crippen molar-refractivity contribution in [3.8, 4) is 0 Å². The van der Waals surface area contributed by atoms with Crippen LogP contribution in [0.4, 0.5) is 0 Å². The highest BCUT2D eigenvalue weighted by molar-refractivity contribution is 7.09. The molecule has 1 saturated heterocycles. The first-order valence-corrected chi connectivity index (χ1v) is 6.89. The van der Waals surface area contributed by atoms with Gasteiger partial charge in [0, 0.05) is 31.3 Å². The van der Waals surface area contributed by atoms with E-state index < -0.39 is 6.10 Å². The molecule has 18 heavy (non-hydrogen) atoms. The van der Waals surface area contributed by atoms with E-state index in [2.05, 4.69) is 4.98 Å². The highest BCUT2D eigenvalue weighted by Gasteiger charge is 2.36. The summed E-state index contributed by atoms with van der Waals surface area (Å²) in [4.78, 5) is 18.0. The topological polar surface area (TPSA) is 62.7 Å². The molecule has 2 atom stereocenters. The van der Waals surface area contributed by atoms with Gasteiger partial charge in [-0.3, -0.25) is 9.69 Å². The summed E-state index contributed by atoms with van der Waals surface area (Å²) < 4.78 is 4.76. The summed E-state index contributed by atoms with van der Waals surface area (Å²) >= 11 is 1.63. The Morgan fingerprint density at radius 1 is 1.72 bits per heavy atom. The van der Waals surface area contributed by atoms with Crippen molar-refractivity contribution < 1.29 is 14.6 Å². The first kappa shape index (κ1) is 13.5. The first-order valence-electron chi connectivity index (χ1n) is 6.01. The lowest BCUT2D eigenvalue weighted by Gasteiger charge is -2.21. The maximum Gasteiger partial charge on any atom is 0.323 e. The number of esters is 1. The Morgan fingerprint density at radius 2 is 2.50 bits per heavy atom. The SMILES string of the molecule is COC(=O)[C@@H]1C[C@H](O)CN1CCc1csc(C)n1. The Hall–Kier alpha value is -0.980. The molecule has 0 radical (unpaired) electrons. The average molecular weight is 270 g/mol. The van der Waals surface area contributed by atoms with E-state index in [4.69, 9.17) is 4.74 Å². The van der Waals surface area contributed by atoms with Gasteiger partial charge < -0.3 is 9.84 Å². The number of thiazole rings is 1. The molecular formula is C12H18N2O3S. The van der Waals surface area contributed by atoms with Crippen LogP contribution in [0.25, 0.3) is 0 Å². The molecule has 1 aliphatic heterocycles. The molecule has 0 spiro atoms. The molecule has 0 saturated carbocycles. The molecule has 1 aliphatic rings.